The molecule has 168 valence electrons. The van der Waals surface area contributed by atoms with Gasteiger partial charge >= 0.3 is 6.03 Å². The van der Waals surface area contributed by atoms with E-state index in [1.807, 2.05) is 6.92 Å². The molecule has 0 saturated carbocycles. The fourth-order valence-electron chi connectivity index (χ4n) is 5.05. The van der Waals surface area contributed by atoms with E-state index < -0.39 is 6.03 Å². The zero-order valence-corrected chi connectivity index (χ0v) is 19.3. The summed E-state index contributed by atoms with van der Waals surface area (Å²) in [5, 5.41) is 2.70. The van der Waals surface area contributed by atoms with Crippen LogP contribution in [0.3, 0.4) is 0 Å². The van der Waals surface area contributed by atoms with Crippen LogP contribution in [0.2, 0.25) is 0 Å². The van der Waals surface area contributed by atoms with Gasteiger partial charge in [-0.25, -0.2) is 9.18 Å². The highest BCUT2D eigenvalue weighted by Crippen LogP contribution is 2.44. The summed E-state index contributed by atoms with van der Waals surface area (Å²) in [4.78, 5) is 29.0. The monoisotopic (exact) mass is 435 g/mol. The third-order valence-electron chi connectivity index (χ3n) is 6.61. The smallest absolute Gasteiger partial charge is 0.329 e. The maximum Gasteiger partial charge on any atom is 0.329 e. The molecule has 32 heavy (non-hydrogen) atoms. The van der Waals surface area contributed by atoms with E-state index in [0.29, 0.717) is 11.5 Å². The second kappa shape index (κ2) is 8.08. The minimum absolute atomic E-state index is 0.0871. The number of carbonyl (C=O) groups is 2. The Balaban J connectivity index is 1.64. The van der Waals surface area contributed by atoms with E-state index in [1.165, 1.54) is 23.4 Å². The molecule has 2 aliphatic rings. The Morgan fingerprint density at radius 2 is 1.88 bits per heavy atom. The van der Waals surface area contributed by atoms with E-state index in [4.69, 9.17) is 0 Å². The largest absolute Gasteiger partial charge is 0.366 e. The van der Waals surface area contributed by atoms with Crippen LogP contribution in [-0.2, 0) is 11.3 Å². The average molecular weight is 436 g/mol. The number of rotatable bonds is 4. The van der Waals surface area contributed by atoms with E-state index in [-0.39, 0.29) is 29.5 Å². The van der Waals surface area contributed by atoms with Crippen LogP contribution >= 0.6 is 0 Å². The Labute approximate surface area is 188 Å². The highest BCUT2D eigenvalue weighted by atomic mass is 19.1. The highest BCUT2D eigenvalue weighted by Gasteiger charge is 2.36. The lowest BCUT2D eigenvalue weighted by Gasteiger charge is -2.47. The number of urea groups is 1. The van der Waals surface area contributed by atoms with Gasteiger partial charge in [0.15, 0.2) is 0 Å². The maximum atomic E-state index is 13.2. The molecule has 0 aliphatic carbocycles. The van der Waals surface area contributed by atoms with Crippen molar-refractivity contribution in [1.82, 2.24) is 10.2 Å². The number of anilines is 1. The molecule has 0 spiro atoms. The van der Waals surface area contributed by atoms with Crippen molar-refractivity contribution in [3.8, 4) is 0 Å². The average Bonchev–Trinajstić information content (AvgIpc) is 2.98. The van der Waals surface area contributed by atoms with Gasteiger partial charge in [-0.2, -0.15) is 0 Å². The second-order valence-corrected chi connectivity index (χ2v) is 9.44. The van der Waals surface area contributed by atoms with Gasteiger partial charge in [0, 0.05) is 17.8 Å². The molecular formula is C26H30FN3O2. The number of benzene rings is 2. The molecule has 4 rings (SSSR count). The number of fused-ring (bicyclic) bond motifs is 1. The summed E-state index contributed by atoms with van der Waals surface area (Å²) in [5.41, 5.74) is 5.54. The van der Waals surface area contributed by atoms with E-state index in [9.17, 15) is 14.0 Å². The van der Waals surface area contributed by atoms with Crippen molar-refractivity contribution in [2.24, 2.45) is 0 Å². The lowest BCUT2D eigenvalue weighted by molar-refractivity contribution is -0.123. The Bertz CT molecular complexity index is 1100. The quantitative estimate of drug-likeness (QED) is 0.521. The van der Waals surface area contributed by atoms with Gasteiger partial charge in [-0.05, 0) is 92.6 Å². The lowest BCUT2D eigenvalue weighted by atomic mass is 9.79. The molecule has 6 heteroatoms. The third kappa shape index (κ3) is 3.90. The molecule has 2 aromatic rings. The summed E-state index contributed by atoms with van der Waals surface area (Å²) in [7, 11) is 0. The van der Waals surface area contributed by atoms with Crippen molar-refractivity contribution < 1.29 is 14.0 Å². The first-order valence-corrected chi connectivity index (χ1v) is 11.1. The number of amides is 3. The van der Waals surface area contributed by atoms with Gasteiger partial charge in [-0.15, -0.1) is 0 Å². The number of aryl methyl sites for hydroxylation is 1. The predicted octanol–water partition coefficient (Wildman–Crippen LogP) is 5.34. The fourth-order valence-corrected chi connectivity index (χ4v) is 5.05. The summed E-state index contributed by atoms with van der Waals surface area (Å²) in [5.74, 6) is -0.334. The van der Waals surface area contributed by atoms with Gasteiger partial charge in [-0.1, -0.05) is 19.1 Å². The van der Waals surface area contributed by atoms with Crippen LogP contribution in [0.1, 0.15) is 62.3 Å². The summed E-state index contributed by atoms with van der Waals surface area (Å²) in [6.07, 6.45) is 2.82. The molecule has 0 aromatic heterocycles. The van der Waals surface area contributed by atoms with E-state index >= 15 is 0 Å². The topological polar surface area (TPSA) is 52.7 Å². The summed E-state index contributed by atoms with van der Waals surface area (Å²) >= 11 is 0. The zero-order valence-electron chi connectivity index (χ0n) is 19.3. The number of nitrogens with zero attached hydrogens (tertiary/aromatic N) is 2. The Morgan fingerprint density at radius 1 is 1.19 bits per heavy atom. The molecule has 1 fully saturated rings. The lowest BCUT2D eigenvalue weighted by Crippen LogP contribution is -2.48. The molecule has 0 bridgehead atoms. The number of nitrogens with one attached hydrogen (secondary N) is 1. The summed E-state index contributed by atoms with van der Waals surface area (Å²) < 4.78 is 13.2. The van der Waals surface area contributed by atoms with Gasteiger partial charge in [0.2, 0.25) is 0 Å². The van der Waals surface area contributed by atoms with Crippen LogP contribution in [0.25, 0.3) is 6.08 Å². The number of imide groups is 1. The van der Waals surface area contributed by atoms with Crippen LogP contribution in [-0.4, -0.2) is 28.9 Å². The first kappa shape index (κ1) is 22.1. The number of carbonyl (C=O) groups excluding carboxylic acids is 2. The van der Waals surface area contributed by atoms with Crippen LogP contribution in [0.5, 0.6) is 0 Å². The number of halogens is 1. The molecule has 1 unspecified atom stereocenters. The van der Waals surface area contributed by atoms with Gasteiger partial charge in [0.25, 0.3) is 5.91 Å². The number of hydrogen-bond donors (Lipinski definition) is 1. The molecule has 1 saturated heterocycles. The fraction of sp³-hybridized carbons (Fsp3) is 0.385. The Kier molecular flexibility index (Phi) is 5.57. The van der Waals surface area contributed by atoms with Crippen LogP contribution in [0, 0.1) is 12.7 Å². The van der Waals surface area contributed by atoms with E-state index in [0.717, 1.165) is 29.0 Å². The maximum absolute atomic E-state index is 13.2. The van der Waals surface area contributed by atoms with E-state index in [2.05, 4.69) is 50.0 Å². The van der Waals surface area contributed by atoms with Gasteiger partial charge < -0.3 is 10.2 Å². The van der Waals surface area contributed by atoms with Crippen molar-refractivity contribution in [1.29, 1.82) is 0 Å². The predicted molar refractivity (Wildman–Crippen MR) is 125 cm³/mol. The zero-order chi connectivity index (χ0) is 23.2. The third-order valence-corrected chi connectivity index (χ3v) is 6.61. The van der Waals surface area contributed by atoms with Crippen molar-refractivity contribution in [3.63, 3.8) is 0 Å². The summed E-state index contributed by atoms with van der Waals surface area (Å²) in [6.45, 7) is 12.0. The molecule has 1 atom stereocenters. The molecule has 0 radical (unpaired) electrons. The number of hydrogen-bond acceptors (Lipinski definition) is 3. The molecule has 3 amide bonds. The van der Waals surface area contributed by atoms with Crippen molar-refractivity contribution in [3.05, 3.63) is 70.2 Å². The first-order valence-electron chi connectivity index (χ1n) is 11.1. The minimum Gasteiger partial charge on any atom is -0.366 e. The molecular weight excluding hydrogens is 405 g/mol. The standard InChI is InChI=1S/C26H30FN3O2/c1-6-30-23-11-16(2)19(12-21(23)17(3)14-26(30,4)5)13-22-24(31)29(25(32)28-22)15-18-7-9-20(27)10-8-18/h7-13,17H,6,14-15H2,1-5H3,(H,28,32)/b22-13+. The normalized spacial score (nSPS) is 21.2. The minimum atomic E-state index is -0.464. The molecule has 2 heterocycles. The van der Waals surface area contributed by atoms with Crippen molar-refractivity contribution >= 4 is 23.7 Å². The van der Waals surface area contributed by atoms with Gasteiger partial charge in [0.05, 0.1) is 6.54 Å². The molecule has 1 N–H and O–H groups in total. The SMILES string of the molecule is CCN1c2cc(C)c(/C=C3/NC(=O)N(Cc4ccc(F)cc4)C3=O)cc2C(C)CC1(C)C. The van der Waals surface area contributed by atoms with E-state index in [1.54, 1.807) is 18.2 Å². The van der Waals surface area contributed by atoms with Crippen molar-refractivity contribution in [2.75, 3.05) is 11.4 Å². The second-order valence-electron chi connectivity index (χ2n) is 9.44. The van der Waals surface area contributed by atoms with Crippen LogP contribution in [0.15, 0.2) is 42.1 Å². The van der Waals surface area contributed by atoms with Crippen molar-refractivity contribution in [2.45, 2.75) is 59.0 Å². The molecule has 2 aliphatic heterocycles. The Morgan fingerprint density at radius 3 is 2.53 bits per heavy atom. The molecule has 5 nitrogen and oxygen atoms in total. The first-order chi connectivity index (χ1) is 15.1. The van der Waals surface area contributed by atoms with Crippen LogP contribution in [0.4, 0.5) is 14.9 Å². The van der Waals surface area contributed by atoms with Gasteiger partial charge in [-0.3, -0.25) is 9.69 Å². The summed E-state index contributed by atoms with van der Waals surface area (Å²) in [6, 6.07) is 9.68. The van der Waals surface area contributed by atoms with Gasteiger partial charge in [0.1, 0.15) is 11.5 Å². The Hall–Kier alpha value is -3.15. The molecule has 2 aromatic carbocycles. The van der Waals surface area contributed by atoms with Crippen LogP contribution < -0.4 is 10.2 Å². The highest BCUT2D eigenvalue weighted by molar-refractivity contribution is 6.14.